The Morgan fingerprint density at radius 2 is 1.82 bits per heavy atom. The number of nitrogens with one attached hydrogen (secondary N) is 2. The van der Waals surface area contributed by atoms with Gasteiger partial charge in [-0.1, -0.05) is 18.2 Å². The summed E-state index contributed by atoms with van der Waals surface area (Å²) in [5.74, 6) is 0.0412. The van der Waals surface area contributed by atoms with Crippen molar-refractivity contribution in [2.24, 2.45) is 5.41 Å². The third-order valence-electron chi connectivity index (χ3n) is 6.17. The number of ether oxygens (including phenoxy) is 1. The highest BCUT2D eigenvalue weighted by molar-refractivity contribution is 6.19. The van der Waals surface area contributed by atoms with Gasteiger partial charge in [0.2, 0.25) is 11.8 Å². The molecule has 1 aromatic heterocycles. The molecule has 2 aromatic carbocycles. The summed E-state index contributed by atoms with van der Waals surface area (Å²) in [5, 5.41) is 7.85. The summed E-state index contributed by atoms with van der Waals surface area (Å²) in [5.41, 5.74) is 0.0811. The molecule has 8 nitrogen and oxygen atoms in total. The molecule has 2 amide bonds. The van der Waals surface area contributed by atoms with E-state index in [4.69, 9.17) is 4.74 Å². The van der Waals surface area contributed by atoms with Crippen LogP contribution in [0.2, 0.25) is 0 Å². The van der Waals surface area contributed by atoms with E-state index in [2.05, 4.69) is 10.6 Å². The third kappa shape index (κ3) is 4.68. The first-order valence-corrected chi connectivity index (χ1v) is 11.4. The SMILES string of the molecule is CN1C(=O)C(C)(C)C(=O)Nc2ccc(OCCCNCCn3ccc4ccccc4c3=O)cc21. The lowest BCUT2D eigenvalue weighted by Crippen LogP contribution is -2.43. The zero-order valence-corrected chi connectivity index (χ0v) is 19.8. The number of rotatable bonds is 8. The van der Waals surface area contributed by atoms with E-state index in [0.717, 1.165) is 23.7 Å². The fourth-order valence-corrected chi connectivity index (χ4v) is 4.01. The van der Waals surface area contributed by atoms with Gasteiger partial charge in [-0.05, 0) is 56.5 Å². The van der Waals surface area contributed by atoms with Crippen molar-refractivity contribution >= 4 is 34.0 Å². The number of benzene rings is 2. The molecular weight excluding hydrogens is 432 g/mol. The van der Waals surface area contributed by atoms with Crippen LogP contribution in [0.3, 0.4) is 0 Å². The molecule has 0 radical (unpaired) electrons. The van der Waals surface area contributed by atoms with Gasteiger partial charge >= 0.3 is 0 Å². The van der Waals surface area contributed by atoms with E-state index in [0.29, 0.717) is 36.8 Å². The van der Waals surface area contributed by atoms with Gasteiger partial charge in [0.15, 0.2) is 0 Å². The quantitative estimate of drug-likeness (QED) is 0.397. The average molecular weight is 463 g/mol. The third-order valence-corrected chi connectivity index (χ3v) is 6.17. The van der Waals surface area contributed by atoms with E-state index in [1.807, 2.05) is 36.5 Å². The second kappa shape index (κ2) is 9.69. The summed E-state index contributed by atoms with van der Waals surface area (Å²) in [6.07, 6.45) is 2.61. The van der Waals surface area contributed by atoms with Crippen LogP contribution in [0, 0.1) is 5.41 Å². The number of amides is 2. The minimum atomic E-state index is -1.14. The van der Waals surface area contributed by atoms with Crippen LogP contribution in [0.4, 0.5) is 11.4 Å². The lowest BCUT2D eigenvalue weighted by atomic mass is 9.91. The first-order chi connectivity index (χ1) is 16.3. The van der Waals surface area contributed by atoms with E-state index < -0.39 is 5.41 Å². The highest BCUT2D eigenvalue weighted by Gasteiger charge is 2.41. The van der Waals surface area contributed by atoms with Crippen LogP contribution in [0.15, 0.2) is 59.5 Å². The van der Waals surface area contributed by atoms with E-state index in [-0.39, 0.29) is 17.4 Å². The van der Waals surface area contributed by atoms with Crippen molar-refractivity contribution in [3.63, 3.8) is 0 Å². The van der Waals surface area contributed by atoms with Gasteiger partial charge in [0.1, 0.15) is 11.2 Å². The first-order valence-electron chi connectivity index (χ1n) is 11.4. The van der Waals surface area contributed by atoms with Crippen LogP contribution in [-0.4, -0.2) is 43.1 Å². The lowest BCUT2D eigenvalue weighted by molar-refractivity contribution is -0.136. The largest absolute Gasteiger partial charge is 0.493 e. The summed E-state index contributed by atoms with van der Waals surface area (Å²) in [6, 6.07) is 14.9. The molecule has 4 rings (SSSR count). The molecule has 1 aliphatic rings. The molecule has 34 heavy (non-hydrogen) atoms. The number of fused-ring (bicyclic) bond motifs is 2. The maximum atomic E-state index is 12.7. The Balaban J connectivity index is 1.25. The summed E-state index contributed by atoms with van der Waals surface area (Å²) in [6.45, 7) is 5.76. The molecule has 0 spiro atoms. The van der Waals surface area contributed by atoms with Crippen molar-refractivity contribution in [3.8, 4) is 5.75 Å². The van der Waals surface area contributed by atoms with Gasteiger partial charge in [-0.2, -0.15) is 0 Å². The number of hydrogen-bond donors (Lipinski definition) is 2. The van der Waals surface area contributed by atoms with Crippen molar-refractivity contribution in [1.82, 2.24) is 9.88 Å². The number of carbonyl (C=O) groups is 2. The van der Waals surface area contributed by atoms with Crippen LogP contribution in [0.1, 0.15) is 20.3 Å². The Bertz CT molecular complexity index is 1280. The average Bonchev–Trinajstić information content (AvgIpc) is 2.89. The lowest BCUT2D eigenvalue weighted by Gasteiger charge is -2.24. The van der Waals surface area contributed by atoms with E-state index >= 15 is 0 Å². The zero-order chi connectivity index (χ0) is 24.3. The smallest absolute Gasteiger partial charge is 0.258 e. The monoisotopic (exact) mass is 462 g/mol. The predicted molar refractivity (Wildman–Crippen MR) is 133 cm³/mol. The maximum absolute atomic E-state index is 12.7. The van der Waals surface area contributed by atoms with Gasteiger partial charge in [0, 0.05) is 37.8 Å². The normalized spacial score (nSPS) is 15.1. The predicted octanol–water partition coefficient (Wildman–Crippen LogP) is 3.00. The highest BCUT2D eigenvalue weighted by atomic mass is 16.5. The van der Waals surface area contributed by atoms with E-state index in [1.54, 1.807) is 43.7 Å². The zero-order valence-electron chi connectivity index (χ0n) is 19.8. The fourth-order valence-electron chi connectivity index (χ4n) is 4.01. The van der Waals surface area contributed by atoms with Crippen molar-refractivity contribution in [1.29, 1.82) is 0 Å². The molecule has 2 N–H and O–H groups in total. The van der Waals surface area contributed by atoms with Gasteiger partial charge in [-0.25, -0.2) is 0 Å². The number of aromatic nitrogens is 1. The first kappa shape index (κ1) is 23.5. The Kier molecular flexibility index (Phi) is 6.70. The fraction of sp³-hybridized carbons (Fsp3) is 0.346. The molecular formula is C26H30N4O4. The minimum absolute atomic E-state index is 0.0227. The van der Waals surface area contributed by atoms with Gasteiger partial charge in [0.25, 0.3) is 5.56 Å². The van der Waals surface area contributed by atoms with Gasteiger partial charge in [-0.3, -0.25) is 14.4 Å². The molecule has 8 heteroatoms. The van der Waals surface area contributed by atoms with Gasteiger partial charge < -0.3 is 24.8 Å². The number of nitrogens with zero attached hydrogens (tertiary/aromatic N) is 2. The Labute approximate surface area is 198 Å². The molecule has 0 atom stereocenters. The molecule has 0 bridgehead atoms. The van der Waals surface area contributed by atoms with Crippen molar-refractivity contribution in [3.05, 3.63) is 65.1 Å². The summed E-state index contributed by atoms with van der Waals surface area (Å²) < 4.78 is 7.58. The second-order valence-corrected chi connectivity index (χ2v) is 8.98. The van der Waals surface area contributed by atoms with E-state index in [1.165, 1.54) is 4.90 Å². The standard InChI is InChI=1S/C26H30N4O4/c1-26(2)24(32)28-21-10-9-19(17-22(21)29(3)25(26)33)34-16-6-12-27-13-15-30-14-11-18-7-4-5-8-20(18)23(30)31/h4-5,7-11,14,17,27H,6,12-13,15-16H2,1-3H3,(H,28,32). The van der Waals surface area contributed by atoms with Crippen LogP contribution >= 0.6 is 0 Å². The molecule has 0 fully saturated rings. The van der Waals surface area contributed by atoms with Crippen molar-refractivity contribution in [2.45, 2.75) is 26.8 Å². The maximum Gasteiger partial charge on any atom is 0.258 e. The van der Waals surface area contributed by atoms with Crippen LogP contribution in [0.5, 0.6) is 5.75 Å². The second-order valence-electron chi connectivity index (χ2n) is 8.98. The molecule has 0 saturated carbocycles. The summed E-state index contributed by atoms with van der Waals surface area (Å²) >= 11 is 0. The topological polar surface area (TPSA) is 92.7 Å². The number of anilines is 2. The van der Waals surface area contributed by atoms with Gasteiger partial charge in [-0.15, -0.1) is 0 Å². The highest BCUT2D eigenvalue weighted by Crippen LogP contribution is 2.36. The molecule has 2 heterocycles. The van der Waals surface area contributed by atoms with Crippen molar-refractivity contribution in [2.75, 3.05) is 37.0 Å². The molecule has 0 saturated heterocycles. The molecule has 0 unspecified atom stereocenters. The van der Waals surface area contributed by atoms with E-state index in [9.17, 15) is 14.4 Å². The Morgan fingerprint density at radius 3 is 2.65 bits per heavy atom. The number of hydrogen-bond acceptors (Lipinski definition) is 5. The minimum Gasteiger partial charge on any atom is -0.493 e. The van der Waals surface area contributed by atoms with Crippen LogP contribution < -0.4 is 25.8 Å². The molecule has 0 aliphatic carbocycles. The van der Waals surface area contributed by atoms with Crippen molar-refractivity contribution < 1.29 is 14.3 Å². The van der Waals surface area contributed by atoms with Gasteiger partial charge in [0.05, 0.1) is 18.0 Å². The molecule has 178 valence electrons. The van der Waals surface area contributed by atoms with Crippen LogP contribution in [0.25, 0.3) is 10.8 Å². The number of carbonyl (C=O) groups excluding carboxylic acids is 2. The molecule has 1 aliphatic heterocycles. The molecule has 3 aromatic rings. The number of pyridine rings is 1. The Hall–Kier alpha value is -3.65. The van der Waals surface area contributed by atoms with Crippen LogP contribution in [-0.2, 0) is 16.1 Å². The Morgan fingerprint density at radius 1 is 1.03 bits per heavy atom. The summed E-state index contributed by atoms with van der Waals surface area (Å²) in [7, 11) is 1.66. The summed E-state index contributed by atoms with van der Waals surface area (Å²) in [4.78, 5) is 39.1.